The van der Waals surface area contributed by atoms with Gasteiger partial charge in [0.1, 0.15) is 17.3 Å². The normalized spacial score (nSPS) is 11.3. The Balaban J connectivity index is 2.50. The lowest BCUT2D eigenvalue weighted by Gasteiger charge is -2.11. The highest BCUT2D eigenvalue weighted by atomic mass is 35.5. The maximum atomic E-state index is 14.0. The van der Waals surface area contributed by atoms with Crippen LogP contribution in [0, 0.1) is 11.6 Å². The lowest BCUT2D eigenvalue weighted by atomic mass is 10.1. The fourth-order valence-electron chi connectivity index (χ4n) is 1.78. The highest BCUT2D eigenvalue weighted by Gasteiger charge is 2.31. The lowest BCUT2D eigenvalue weighted by molar-refractivity contribution is -0.274. The molecule has 0 aliphatic carbocycles. The first-order chi connectivity index (χ1) is 11.1. The van der Waals surface area contributed by atoms with Gasteiger partial charge in [0.25, 0.3) is 0 Å². The number of halogens is 6. The van der Waals surface area contributed by atoms with Crippen LogP contribution >= 0.6 is 11.6 Å². The first kappa shape index (κ1) is 17.9. The summed E-state index contributed by atoms with van der Waals surface area (Å²) < 4.78 is 72.2. The summed E-state index contributed by atoms with van der Waals surface area (Å²) in [6.45, 7) is 0. The quantitative estimate of drug-likeness (QED) is 0.597. The van der Waals surface area contributed by atoms with E-state index in [9.17, 15) is 26.7 Å². The van der Waals surface area contributed by atoms with Gasteiger partial charge in [0.2, 0.25) is 0 Å². The summed E-state index contributed by atoms with van der Waals surface area (Å²) in [6, 6.07) is 2.74. The average molecular weight is 368 g/mol. The topological polar surface area (TPSA) is 48.4 Å². The highest BCUT2D eigenvalue weighted by Crippen LogP contribution is 2.31. The van der Waals surface area contributed by atoms with Crippen molar-refractivity contribution in [2.45, 2.75) is 6.36 Å². The van der Waals surface area contributed by atoms with Crippen molar-refractivity contribution < 1.29 is 36.2 Å². The molecule has 0 fully saturated rings. The van der Waals surface area contributed by atoms with E-state index in [-0.39, 0.29) is 5.02 Å². The molecule has 2 rings (SSSR count). The number of pyridine rings is 1. The molecule has 1 heterocycles. The Bertz CT molecular complexity index is 795. The predicted molar refractivity (Wildman–Crippen MR) is 72.6 cm³/mol. The molecule has 0 saturated heterocycles. The van der Waals surface area contributed by atoms with Gasteiger partial charge in [-0.2, -0.15) is 0 Å². The zero-order valence-electron chi connectivity index (χ0n) is 11.7. The van der Waals surface area contributed by atoms with Gasteiger partial charge in [-0.3, -0.25) is 0 Å². The number of ether oxygens (including phenoxy) is 2. The lowest BCUT2D eigenvalue weighted by Crippen LogP contribution is -2.17. The molecular weight excluding hydrogens is 361 g/mol. The van der Waals surface area contributed by atoms with Gasteiger partial charge < -0.3 is 9.47 Å². The van der Waals surface area contributed by atoms with Crippen LogP contribution in [0.2, 0.25) is 5.02 Å². The maximum absolute atomic E-state index is 14.0. The van der Waals surface area contributed by atoms with Gasteiger partial charge in [-0.05, 0) is 18.2 Å². The molecule has 0 aliphatic heterocycles. The largest absolute Gasteiger partial charge is 0.573 e. The summed E-state index contributed by atoms with van der Waals surface area (Å²) in [5.74, 6) is -4.12. The van der Waals surface area contributed by atoms with Crippen LogP contribution in [0.25, 0.3) is 11.3 Å². The van der Waals surface area contributed by atoms with Gasteiger partial charge in [0.05, 0.1) is 12.1 Å². The Kier molecular flexibility index (Phi) is 4.93. The third-order valence-corrected chi connectivity index (χ3v) is 3.03. The Morgan fingerprint density at radius 1 is 1.17 bits per heavy atom. The fraction of sp³-hybridized carbons (Fsp3) is 0.143. The van der Waals surface area contributed by atoms with Crippen molar-refractivity contribution >= 4 is 17.6 Å². The molecule has 0 saturated carbocycles. The minimum Gasteiger partial charge on any atom is -0.464 e. The second-order valence-electron chi connectivity index (χ2n) is 4.33. The number of hydrogen-bond donors (Lipinski definition) is 0. The van der Waals surface area contributed by atoms with E-state index < -0.39 is 46.7 Å². The third-order valence-electron chi connectivity index (χ3n) is 2.74. The van der Waals surface area contributed by atoms with Crippen molar-refractivity contribution in [1.29, 1.82) is 0 Å². The molecule has 4 nitrogen and oxygen atoms in total. The van der Waals surface area contributed by atoms with Crippen molar-refractivity contribution in [1.82, 2.24) is 4.98 Å². The highest BCUT2D eigenvalue weighted by molar-refractivity contribution is 6.33. The Labute approximate surface area is 136 Å². The van der Waals surface area contributed by atoms with E-state index in [0.29, 0.717) is 6.07 Å². The summed E-state index contributed by atoms with van der Waals surface area (Å²) in [6.07, 6.45) is -5.00. The number of esters is 1. The monoisotopic (exact) mass is 367 g/mol. The second-order valence-corrected chi connectivity index (χ2v) is 4.74. The summed E-state index contributed by atoms with van der Waals surface area (Å²) in [4.78, 5) is 15.1. The minimum atomic E-state index is -5.00. The maximum Gasteiger partial charge on any atom is 0.573 e. The van der Waals surface area contributed by atoms with Crippen LogP contribution in [0.15, 0.2) is 24.3 Å². The summed E-state index contributed by atoms with van der Waals surface area (Å²) >= 11 is 5.66. The molecule has 0 spiro atoms. The second kappa shape index (κ2) is 6.60. The smallest absolute Gasteiger partial charge is 0.464 e. The average Bonchev–Trinajstić information content (AvgIpc) is 2.46. The number of rotatable bonds is 3. The van der Waals surface area contributed by atoms with Crippen molar-refractivity contribution in [3.63, 3.8) is 0 Å². The van der Waals surface area contributed by atoms with Crippen LogP contribution in [0.3, 0.4) is 0 Å². The number of aromatic nitrogens is 1. The molecule has 24 heavy (non-hydrogen) atoms. The van der Waals surface area contributed by atoms with Gasteiger partial charge in [-0.1, -0.05) is 11.6 Å². The number of methoxy groups -OCH3 is 1. The number of carbonyl (C=O) groups excluding carboxylic acids is 1. The van der Waals surface area contributed by atoms with Crippen LogP contribution in [-0.2, 0) is 4.74 Å². The van der Waals surface area contributed by atoms with E-state index in [0.717, 1.165) is 25.3 Å². The molecule has 10 heteroatoms. The van der Waals surface area contributed by atoms with Crippen molar-refractivity contribution in [3.05, 3.63) is 46.6 Å². The van der Waals surface area contributed by atoms with Gasteiger partial charge in [0, 0.05) is 11.6 Å². The van der Waals surface area contributed by atoms with Crippen molar-refractivity contribution in [2.24, 2.45) is 0 Å². The van der Waals surface area contributed by atoms with E-state index in [1.165, 1.54) is 0 Å². The van der Waals surface area contributed by atoms with Crippen LogP contribution in [0.1, 0.15) is 10.5 Å². The summed E-state index contributed by atoms with van der Waals surface area (Å²) in [5.41, 5.74) is -1.56. The molecule has 128 valence electrons. The first-order valence-electron chi connectivity index (χ1n) is 6.12. The van der Waals surface area contributed by atoms with Crippen LogP contribution in [0.5, 0.6) is 5.75 Å². The molecule has 0 N–H and O–H groups in total. The Morgan fingerprint density at radius 2 is 1.83 bits per heavy atom. The zero-order chi connectivity index (χ0) is 18.1. The third kappa shape index (κ3) is 3.91. The Hall–Kier alpha value is -2.42. The molecule has 0 unspecified atom stereocenters. The molecule has 0 amide bonds. The summed E-state index contributed by atoms with van der Waals surface area (Å²) in [7, 11) is 1.03. The van der Waals surface area contributed by atoms with Crippen molar-refractivity contribution in [3.8, 4) is 17.0 Å². The standard InChI is InChI=1S/C14H7ClF5NO3/c1-23-13(22)12-8(15)5-10(17)11(21-12)7-3-2-6(4-9(7)16)24-14(18,19)20/h2-5H,1H3. The fourth-order valence-corrected chi connectivity index (χ4v) is 2.00. The molecule has 2 aromatic rings. The molecule has 0 bridgehead atoms. The molecular formula is C14H7ClF5NO3. The number of hydrogen-bond acceptors (Lipinski definition) is 4. The first-order valence-corrected chi connectivity index (χ1v) is 6.50. The molecule has 0 atom stereocenters. The molecule has 0 aliphatic rings. The van der Waals surface area contributed by atoms with Crippen LogP contribution < -0.4 is 4.74 Å². The number of nitrogens with zero attached hydrogens (tertiary/aromatic N) is 1. The van der Waals surface area contributed by atoms with E-state index in [4.69, 9.17) is 11.6 Å². The summed E-state index contributed by atoms with van der Waals surface area (Å²) in [5, 5.41) is -0.361. The van der Waals surface area contributed by atoms with Gasteiger partial charge in [-0.15, -0.1) is 13.2 Å². The minimum absolute atomic E-state index is 0.361. The Morgan fingerprint density at radius 3 is 2.38 bits per heavy atom. The van der Waals surface area contributed by atoms with E-state index in [1.807, 2.05) is 0 Å². The van der Waals surface area contributed by atoms with Crippen LogP contribution in [0.4, 0.5) is 22.0 Å². The van der Waals surface area contributed by atoms with E-state index in [1.54, 1.807) is 0 Å². The number of benzene rings is 1. The van der Waals surface area contributed by atoms with Crippen LogP contribution in [-0.4, -0.2) is 24.4 Å². The SMILES string of the molecule is COC(=O)c1nc(-c2ccc(OC(F)(F)F)cc2F)c(F)cc1Cl. The van der Waals surface area contributed by atoms with Gasteiger partial charge in [0.15, 0.2) is 11.5 Å². The molecule has 0 radical (unpaired) electrons. The predicted octanol–water partition coefficient (Wildman–Crippen LogP) is 4.37. The van der Waals surface area contributed by atoms with E-state index in [2.05, 4.69) is 14.5 Å². The molecule has 1 aromatic heterocycles. The van der Waals surface area contributed by atoms with Crippen molar-refractivity contribution in [2.75, 3.05) is 7.11 Å². The zero-order valence-corrected chi connectivity index (χ0v) is 12.5. The van der Waals surface area contributed by atoms with Gasteiger partial charge >= 0.3 is 12.3 Å². The number of alkyl halides is 3. The number of carbonyl (C=O) groups is 1. The van der Waals surface area contributed by atoms with E-state index >= 15 is 0 Å². The van der Waals surface area contributed by atoms with Gasteiger partial charge in [-0.25, -0.2) is 18.6 Å². The molecule has 1 aromatic carbocycles.